The van der Waals surface area contributed by atoms with E-state index in [-0.39, 0.29) is 24.9 Å². The van der Waals surface area contributed by atoms with E-state index in [2.05, 4.69) is 26.3 Å². The van der Waals surface area contributed by atoms with Gasteiger partial charge in [0.15, 0.2) is 5.13 Å². The van der Waals surface area contributed by atoms with Gasteiger partial charge in [-0.1, -0.05) is 18.2 Å². The zero-order chi connectivity index (χ0) is 27.0. The molecule has 1 aliphatic carbocycles. The van der Waals surface area contributed by atoms with E-state index >= 15 is 0 Å². The summed E-state index contributed by atoms with van der Waals surface area (Å²) in [5.41, 5.74) is 1.48. The summed E-state index contributed by atoms with van der Waals surface area (Å²) in [6, 6.07) is 7.42. The molecule has 3 heterocycles. The Morgan fingerprint density at radius 1 is 1.11 bits per heavy atom. The standard InChI is InChI=1S/C25H35N5O7S/c1-12-9-15(30-16(31)10-14-11-38-24(29-14)28-13-7-5-4-6-8-13)25(34)23(35-12)36-22-20(33)17(26-2)19(32)18(27-3)21(22)37-25/h4-8,11-12,15,17-23,26-27,32-34H,9-10H2,1-3H3,(H,28,29)(H,30,31)/t12-,15-,17-,18+,19+,20-,21?,22?,23?,25+/m1/s1. The van der Waals surface area contributed by atoms with Crippen LogP contribution in [-0.2, 0) is 25.4 Å². The van der Waals surface area contributed by atoms with Crippen molar-refractivity contribution < 1.29 is 34.3 Å². The van der Waals surface area contributed by atoms with Crippen LogP contribution >= 0.6 is 11.3 Å². The molecule has 1 aromatic heterocycles. The number of amides is 1. The number of nitrogens with one attached hydrogen (secondary N) is 4. The molecule has 10 atom stereocenters. The van der Waals surface area contributed by atoms with E-state index in [1.807, 2.05) is 37.3 Å². The van der Waals surface area contributed by atoms with E-state index in [1.54, 1.807) is 19.5 Å². The number of benzene rings is 1. The first-order chi connectivity index (χ1) is 18.2. The second kappa shape index (κ2) is 11.1. The summed E-state index contributed by atoms with van der Waals surface area (Å²) in [5, 5.41) is 47.9. The predicted octanol–water partition coefficient (Wildman–Crippen LogP) is -0.567. The quantitative estimate of drug-likeness (QED) is 0.236. The zero-order valence-corrected chi connectivity index (χ0v) is 22.2. The van der Waals surface area contributed by atoms with Gasteiger partial charge in [-0.15, -0.1) is 11.3 Å². The first-order valence-corrected chi connectivity index (χ1v) is 13.6. The van der Waals surface area contributed by atoms with Crippen molar-refractivity contribution in [2.24, 2.45) is 0 Å². The number of hydrogen-bond acceptors (Lipinski definition) is 12. The van der Waals surface area contributed by atoms with Gasteiger partial charge in [0.05, 0.1) is 42.4 Å². The average Bonchev–Trinajstić information content (AvgIpc) is 3.31. The highest BCUT2D eigenvalue weighted by Gasteiger charge is 2.63. The summed E-state index contributed by atoms with van der Waals surface area (Å²) in [5.74, 6) is -2.38. The average molecular weight is 550 g/mol. The van der Waals surface area contributed by atoms with Crippen molar-refractivity contribution in [2.75, 3.05) is 19.4 Å². The normalized spacial score (nSPS) is 38.6. The number of likely N-dealkylation sites (N-methyl/N-ethyl adjacent to an activating group) is 2. The largest absolute Gasteiger partial charge is 0.390 e. The second-order valence-electron chi connectivity index (χ2n) is 9.99. The van der Waals surface area contributed by atoms with Gasteiger partial charge < -0.3 is 50.8 Å². The maximum atomic E-state index is 13.0. The van der Waals surface area contributed by atoms with Crippen LogP contribution in [0.3, 0.4) is 0 Å². The lowest BCUT2D eigenvalue weighted by Crippen LogP contribution is -2.79. The fourth-order valence-electron chi connectivity index (χ4n) is 5.52. The Labute approximate surface area is 224 Å². The second-order valence-corrected chi connectivity index (χ2v) is 10.8. The molecule has 3 aliphatic rings. The van der Waals surface area contributed by atoms with Crippen molar-refractivity contribution in [1.29, 1.82) is 0 Å². The number of anilines is 2. The molecule has 208 valence electrons. The fraction of sp³-hybridized carbons (Fsp3) is 0.600. The van der Waals surface area contributed by atoms with E-state index in [0.717, 1.165) is 5.69 Å². The van der Waals surface area contributed by atoms with Gasteiger partial charge in [0.1, 0.15) is 18.3 Å². The van der Waals surface area contributed by atoms with E-state index in [9.17, 15) is 20.1 Å². The fourth-order valence-corrected chi connectivity index (χ4v) is 6.25. The van der Waals surface area contributed by atoms with Crippen molar-refractivity contribution in [3.8, 4) is 0 Å². The van der Waals surface area contributed by atoms with Crippen LogP contribution in [0, 0.1) is 0 Å². The molecule has 38 heavy (non-hydrogen) atoms. The molecule has 5 rings (SSSR count). The monoisotopic (exact) mass is 549 g/mol. The Bertz CT molecular complexity index is 1110. The first kappa shape index (κ1) is 27.4. The topological polar surface area (TPSA) is 166 Å². The van der Waals surface area contributed by atoms with E-state index in [4.69, 9.17) is 14.2 Å². The smallest absolute Gasteiger partial charge is 0.239 e. The molecule has 3 fully saturated rings. The molecule has 3 unspecified atom stereocenters. The van der Waals surface area contributed by atoms with Gasteiger partial charge in [-0.3, -0.25) is 4.79 Å². The third-order valence-electron chi connectivity index (χ3n) is 7.40. The van der Waals surface area contributed by atoms with Crippen LogP contribution in [0.15, 0.2) is 35.7 Å². The third kappa shape index (κ3) is 5.18. The summed E-state index contributed by atoms with van der Waals surface area (Å²) >= 11 is 1.39. The van der Waals surface area contributed by atoms with Crippen LogP contribution in [0.5, 0.6) is 0 Å². The van der Waals surface area contributed by atoms with Gasteiger partial charge in [-0.25, -0.2) is 4.98 Å². The summed E-state index contributed by atoms with van der Waals surface area (Å²) in [6.07, 6.45) is -5.27. The highest BCUT2D eigenvalue weighted by molar-refractivity contribution is 7.13. The summed E-state index contributed by atoms with van der Waals surface area (Å²) in [4.78, 5) is 17.5. The van der Waals surface area contributed by atoms with Crippen molar-refractivity contribution in [2.45, 2.75) is 80.5 Å². The number of fused-ring (bicyclic) bond motifs is 2. The highest BCUT2D eigenvalue weighted by Crippen LogP contribution is 2.42. The predicted molar refractivity (Wildman–Crippen MR) is 139 cm³/mol. The Kier molecular flexibility index (Phi) is 8.01. The number of para-hydroxylation sites is 1. The molecular weight excluding hydrogens is 514 g/mol. The van der Waals surface area contributed by atoms with Crippen LogP contribution in [0.1, 0.15) is 19.0 Å². The lowest BCUT2D eigenvalue weighted by atomic mass is 9.79. The van der Waals surface area contributed by atoms with Crippen molar-refractivity contribution in [3.05, 3.63) is 41.4 Å². The molecule has 2 aromatic rings. The first-order valence-electron chi connectivity index (χ1n) is 12.7. The Hall–Kier alpha value is -2.20. The molecule has 0 bridgehead atoms. The lowest BCUT2D eigenvalue weighted by molar-refractivity contribution is -0.449. The molecule has 0 radical (unpaired) electrons. The number of rotatable bonds is 7. The number of aliphatic hydroxyl groups excluding tert-OH is 2. The number of hydrogen-bond donors (Lipinski definition) is 7. The van der Waals surface area contributed by atoms with E-state index < -0.39 is 54.6 Å². The van der Waals surface area contributed by atoms with Gasteiger partial charge in [-0.2, -0.15) is 0 Å². The zero-order valence-electron chi connectivity index (χ0n) is 21.4. The number of nitrogens with zero attached hydrogens (tertiary/aromatic N) is 1. The minimum absolute atomic E-state index is 0.00673. The SMILES string of the molecule is CN[C@@H]1[C@H](O)[C@H](NC)C2O[C@]3(O)C(OC2[C@@H]1O)O[C@H](C)C[C@H]3NC(=O)Cc1csc(Nc2ccccc2)n1. The Morgan fingerprint density at radius 3 is 2.55 bits per heavy atom. The summed E-state index contributed by atoms with van der Waals surface area (Å²) in [7, 11) is 3.29. The molecule has 13 heteroatoms. The number of aromatic nitrogens is 1. The number of thiazole rings is 1. The van der Waals surface area contributed by atoms with Crippen LogP contribution in [0.4, 0.5) is 10.8 Å². The molecule has 2 aliphatic heterocycles. The number of ether oxygens (including phenoxy) is 3. The number of carbonyl (C=O) groups is 1. The maximum absolute atomic E-state index is 13.0. The molecule has 1 saturated carbocycles. The minimum Gasteiger partial charge on any atom is -0.390 e. The number of carbonyl (C=O) groups excluding carboxylic acids is 1. The third-order valence-corrected chi connectivity index (χ3v) is 8.21. The van der Waals surface area contributed by atoms with Crippen molar-refractivity contribution in [3.63, 3.8) is 0 Å². The molecule has 1 aromatic carbocycles. The van der Waals surface area contributed by atoms with E-state index in [0.29, 0.717) is 10.8 Å². The molecule has 2 saturated heterocycles. The van der Waals surface area contributed by atoms with Gasteiger partial charge in [0.25, 0.3) is 0 Å². The minimum atomic E-state index is -2.04. The van der Waals surface area contributed by atoms with Gasteiger partial charge in [-0.05, 0) is 39.6 Å². The molecule has 7 N–H and O–H groups in total. The van der Waals surface area contributed by atoms with Gasteiger partial charge in [0, 0.05) is 11.1 Å². The summed E-state index contributed by atoms with van der Waals surface area (Å²) < 4.78 is 18.1. The van der Waals surface area contributed by atoms with Crippen LogP contribution in [0.2, 0.25) is 0 Å². The molecular formula is C25H35N5O7S. The highest BCUT2D eigenvalue weighted by atomic mass is 32.1. The molecule has 12 nitrogen and oxygen atoms in total. The van der Waals surface area contributed by atoms with Crippen LogP contribution in [0.25, 0.3) is 0 Å². The summed E-state index contributed by atoms with van der Waals surface area (Å²) in [6.45, 7) is 1.81. The Morgan fingerprint density at radius 2 is 1.84 bits per heavy atom. The van der Waals surface area contributed by atoms with Gasteiger partial charge in [0.2, 0.25) is 18.0 Å². The van der Waals surface area contributed by atoms with E-state index in [1.165, 1.54) is 11.3 Å². The van der Waals surface area contributed by atoms with Gasteiger partial charge >= 0.3 is 0 Å². The van der Waals surface area contributed by atoms with Crippen molar-refractivity contribution in [1.82, 2.24) is 20.9 Å². The van der Waals surface area contributed by atoms with Crippen LogP contribution in [-0.4, -0.2) is 101 Å². The molecule has 1 amide bonds. The molecule has 0 spiro atoms. The van der Waals surface area contributed by atoms with Crippen molar-refractivity contribution >= 4 is 28.1 Å². The maximum Gasteiger partial charge on any atom is 0.239 e. The number of aliphatic hydroxyl groups is 3. The van der Waals surface area contributed by atoms with Crippen LogP contribution < -0.4 is 21.3 Å². The Balaban J connectivity index is 1.29. The lowest BCUT2D eigenvalue weighted by Gasteiger charge is -2.58.